The van der Waals surface area contributed by atoms with Crippen LogP contribution < -0.4 is 0 Å². The Morgan fingerprint density at radius 2 is 2.56 bits per heavy atom. The highest BCUT2D eigenvalue weighted by Crippen LogP contribution is 2.19. The number of aromatic nitrogens is 1. The van der Waals surface area contributed by atoms with Gasteiger partial charge in [0.05, 0.1) is 15.7 Å². The first-order chi connectivity index (χ1) is 4.38. The van der Waals surface area contributed by atoms with E-state index in [0.717, 1.165) is 22.8 Å². The van der Waals surface area contributed by atoms with Crippen LogP contribution in [0.15, 0.2) is 17.2 Å². The predicted molar refractivity (Wildman–Crippen MR) is 35.8 cm³/mol. The first kappa shape index (κ1) is 5.23. The van der Waals surface area contributed by atoms with Crippen molar-refractivity contribution in [2.75, 3.05) is 5.75 Å². The Kier molecular flexibility index (Phi) is 0.990. The smallest absolute Gasteiger partial charge is 0.0595 e. The van der Waals surface area contributed by atoms with Crippen molar-refractivity contribution in [3.63, 3.8) is 0 Å². The van der Waals surface area contributed by atoms with Crippen LogP contribution in [0.2, 0.25) is 0 Å². The second kappa shape index (κ2) is 1.70. The average Bonchev–Trinajstić information content (AvgIpc) is 2.35. The summed E-state index contributed by atoms with van der Waals surface area (Å²) in [7, 11) is -0.698. The normalized spacial score (nSPS) is 24.2. The molecular weight excluding hydrogens is 134 g/mol. The van der Waals surface area contributed by atoms with Crippen LogP contribution in [-0.2, 0) is 17.2 Å². The molecule has 0 radical (unpaired) electrons. The van der Waals surface area contributed by atoms with Crippen LogP contribution in [0.1, 0.15) is 5.69 Å². The summed E-state index contributed by atoms with van der Waals surface area (Å²) in [4.78, 5) is 4.06. The zero-order valence-electron chi connectivity index (χ0n) is 4.89. The van der Waals surface area contributed by atoms with Crippen LogP contribution in [0.4, 0.5) is 0 Å². The Morgan fingerprint density at radius 3 is 3.33 bits per heavy atom. The number of fused-ring (bicyclic) bond motifs is 1. The third-order valence-corrected chi connectivity index (χ3v) is 3.02. The van der Waals surface area contributed by atoms with E-state index < -0.39 is 10.8 Å². The lowest BCUT2D eigenvalue weighted by Gasteiger charge is -1.81. The molecule has 1 N–H and O–H groups in total. The second-order valence-corrected chi connectivity index (χ2v) is 3.66. The van der Waals surface area contributed by atoms with Crippen molar-refractivity contribution in [3.8, 4) is 0 Å². The van der Waals surface area contributed by atoms with Crippen LogP contribution >= 0.6 is 0 Å². The van der Waals surface area contributed by atoms with E-state index >= 15 is 0 Å². The summed E-state index contributed by atoms with van der Waals surface area (Å²) < 4.78 is 11.0. The lowest BCUT2D eigenvalue weighted by Crippen LogP contribution is -1.86. The predicted octanol–water partition coefficient (Wildman–Crippen LogP) is 0.678. The SMILES string of the molecule is O=S1CCc2[nH]ccc21. The highest BCUT2D eigenvalue weighted by Gasteiger charge is 2.17. The zero-order valence-corrected chi connectivity index (χ0v) is 5.70. The quantitative estimate of drug-likeness (QED) is 0.566. The average molecular weight is 141 g/mol. The van der Waals surface area contributed by atoms with Crippen molar-refractivity contribution in [1.29, 1.82) is 0 Å². The second-order valence-electron chi connectivity index (χ2n) is 2.12. The van der Waals surface area contributed by atoms with Gasteiger partial charge in [-0.15, -0.1) is 0 Å². The van der Waals surface area contributed by atoms with Crippen molar-refractivity contribution in [1.82, 2.24) is 4.98 Å². The minimum absolute atomic E-state index is 0.698. The minimum atomic E-state index is -0.698. The summed E-state index contributed by atoms with van der Waals surface area (Å²) in [6.45, 7) is 0. The number of rotatable bonds is 0. The molecule has 0 aliphatic carbocycles. The van der Waals surface area contributed by atoms with E-state index in [-0.39, 0.29) is 0 Å². The minimum Gasteiger partial charge on any atom is -0.364 e. The molecule has 1 aromatic rings. The summed E-state index contributed by atoms with van der Waals surface area (Å²) in [6, 6.07) is 1.90. The number of hydrogen-bond donors (Lipinski definition) is 1. The van der Waals surface area contributed by atoms with E-state index in [2.05, 4.69) is 4.98 Å². The highest BCUT2D eigenvalue weighted by atomic mass is 32.2. The lowest BCUT2D eigenvalue weighted by atomic mass is 10.4. The van der Waals surface area contributed by atoms with Gasteiger partial charge in [0.15, 0.2) is 0 Å². The molecule has 0 saturated carbocycles. The monoisotopic (exact) mass is 141 g/mol. The Balaban J connectivity index is 2.61. The summed E-state index contributed by atoms with van der Waals surface area (Å²) in [5, 5.41) is 0. The van der Waals surface area contributed by atoms with Crippen LogP contribution in [0, 0.1) is 0 Å². The van der Waals surface area contributed by atoms with Gasteiger partial charge in [-0.1, -0.05) is 0 Å². The largest absolute Gasteiger partial charge is 0.364 e. The molecule has 0 bridgehead atoms. The first-order valence-electron chi connectivity index (χ1n) is 2.92. The highest BCUT2D eigenvalue weighted by molar-refractivity contribution is 7.85. The molecular formula is C6H7NOS. The van der Waals surface area contributed by atoms with E-state index in [1.807, 2.05) is 12.3 Å². The molecule has 0 fully saturated rings. The number of H-pyrrole nitrogens is 1. The van der Waals surface area contributed by atoms with Gasteiger partial charge in [0.1, 0.15) is 0 Å². The van der Waals surface area contributed by atoms with Crippen LogP contribution in [-0.4, -0.2) is 14.9 Å². The van der Waals surface area contributed by atoms with Gasteiger partial charge in [-0.25, -0.2) is 0 Å². The van der Waals surface area contributed by atoms with E-state index in [1.54, 1.807) is 0 Å². The molecule has 9 heavy (non-hydrogen) atoms. The van der Waals surface area contributed by atoms with Crippen molar-refractivity contribution < 1.29 is 4.21 Å². The summed E-state index contributed by atoms with van der Waals surface area (Å²) in [6.07, 6.45) is 2.80. The maximum atomic E-state index is 11.0. The Hall–Kier alpha value is -0.570. The van der Waals surface area contributed by atoms with Crippen molar-refractivity contribution in [3.05, 3.63) is 18.0 Å². The van der Waals surface area contributed by atoms with E-state index in [1.165, 1.54) is 0 Å². The van der Waals surface area contributed by atoms with Crippen LogP contribution in [0.3, 0.4) is 0 Å². The fourth-order valence-corrected chi connectivity index (χ4v) is 2.37. The van der Waals surface area contributed by atoms with Crippen molar-refractivity contribution in [2.45, 2.75) is 11.3 Å². The van der Waals surface area contributed by atoms with Gasteiger partial charge in [0.25, 0.3) is 0 Å². The standard InChI is InChI=1S/C6H7NOS/c8-9-4-2-5-6(9)1-3-7-5/h1,3,7H,2,4H2. The molecule has 0 amide bonds. The van der Waals surface area contributed by atoms with Crippen LogP contribution in [0.25, 0.3) is 0 Å². The Labute approximate surface area is 55.7 Å². The molecule has 2 nitrogen and oxygen atoms in total. The molecule has 0 spiro atoms. The van der Waals surface area contributed by atoms with Crippen molar-refractivity contribution >= 4 is 10.8 Å². The van der Waals surface area contributed by atoms with E-state index in [0.29, 0.717) is 0 Å². The summed E-state index contributed by atoms with van der Waals surface area (Å²) in [5.74, 6) is 0.808. The molecule has 2 rings (SSSR count). The third-order valence-electron chi connectivity index (χ3n) is 1.57. The molecule has 1 atom stereocenters. The van der Waals surface area contributed by atoms with Gasteiger partial charge in [0.2, 0.25) is 0 Å². The summed E-state index contributed by atoms with van der Waals surface area (Å²) in [5.41, 5.74) is 1.16. The number of nitrogens with one attached hydrogen (secondary N) is 1. The van der Waals surface area contributed by atoms with Crippen LogP contribution in [0.5, 0.6) is 0 Å². The topological polar surface area (TPSA) is 32.9 Å². The lowest BCUT2D eigenvalue weighted by molar-refractivity contribution is 0.685. The molecule has 2 heterocycles. The molecule has 1 unspecified atom stereocenters. The van der Waals surface area contributed by atoms with E-state index in [4.69, 9.17) is 0 Å². The zero-order chi connectivity index (χ0) is 6.27. The van der Waals surface area contributed by atoms with Gasteiger partial charge in [-0.05, 0) is 6.07 Å². The number of hydrogen-bond acceptors (Lipinski definition) is 1. The first-order valence-corrected chi connectivity index (χ1v) is 4.24. The summed E-state index contributed by atoms with van der Waals surface area (Å²) >= 11 is 0. The Bertz CT molecular complexity index is 253. The fourth-order valence-electron chi connectivity index (χ4n) is 1.10. The molecule has 1 aliphatic rings. The van der Waals surface area contributed by atoms with Gasteiger partial charge in [0, 0.05) is 24.1 Å². The van der Waals surface area contributed by atoms with Gasteiger partial charge >= 0.3 is 0 Å². The van der Waals surface area contributed by atoms with Gasteiger partial charge < -0.3 is 4.98 Å². The number of aryl methyl sites for hydroxylation is 1. The fraction of sp³-hybridized carbons (Fsp3) is 0.333. The van der Waals surface area contributed by atoms with Gasteiger partial charge in [-0.3, -0.25) is 4.21 Å². The molecule has 0 saturated heterocycles. The molecule has 1 aromatic heterocycles. The van der Waals surface area contributed by atoms with Gasteiger partial charge in [-0.2, -0.15) is 0 Å². The van der Waals surface area contributed by atoms with Crippen molar-refractivity contribution in [2.24, 2.45) is 0 Å². The molecule has 3 heteroatoms. The molecule has 1 aliphatic heterocycles. The number of aromatic amines is 1. The Morgan fingerprint density at radius 1 is 1.67 bits per heavy atom. The maximum absolute atomic E-state index is 11.0. The third kappa shape index (κ3) is 0.645. The van der Waals surface area contributed by atoms with E-state index in [9.17, 15) is 4.21 Å². The molecule has 0 aromatic carbocycles. The molecule has 48 valence electrons. The maximum Gasteiger partial charge on any atom is 0.0595 e.